The lowest BCUT2D eigenvalue weighted by atomic mass is 9.99. The fourth-order valence-electron chi connectivity index (χ4n) is 2.11. The summed E-state index contributed by atoms with van der Waals surface area (Å²) in [6.45, 7) is 5.66. The third-order valence-electron chi connectivity index (χ3n) is 3.05. The predicted molar refractivity (Wildman–Crippen MR) is 68.8 cm³/mol. The Kier molecular flexibility index (Phi) is 6.36. The van der Waals surface area contributed by atoms with Gasteiger partial charge in [-0.05, 0) is 19.3 Å². The number of alkyl halides is 1. The molecular weight excluding hydrogens is 270 g/mol. The van der Waals surface area contributed by atoms with E-state index in [0.717, 1.165) is 38.8 Å². The maximum atomic E-state index is 11.9. The first kappa shape index (κ1) is 14.0. The Hall–Kier alpha value is -0.0900. The molecule has 1 saturated heterocycles. The van der Waals surface area contributed by atoms with Gasteiger partial charge in [-0.25, -0.2) is 0 Å². The summed E-state index contributed by atoms with van der Waals surface area (Å²) < 4.78 is 5.52. The monoisotopic (exact) mass is 291 g/mol. The second kappa shape index (κ2) is 7.28. The van der Waals surface area contributed by atoms with Crippen LogP contribution in [-0.4, -0.2) is 30.0 Å². The molecule has 0 aromatic rings. The molecule has 1 amide bonds. The van der Waals surface area contributed by atoms with Gasteiger partial charge in [0.1, 0.15) is 0 Å². The van der Waals surface area contributed by atoms with Crippen LogP contribution in [0.2, 0.25) is 0 Å². The van der Waals surface area contributed by atoms with Gasteiger partial charge in [-0.2, -0.15) is 0 Å². The number of rotatable bonds is 6. The number of hydrogen-bond acceptors (Lipinski definition) is 2. The first-order valence-corrected chi connectivity index (χ1v) is 7.14. The topological polar surface area (TPSA) is 38.3 Å². The molecule has 0 bridgehead atoms. The molecule has 0 saturated carbocycles. The van der Waals surface area contributed by atoms with Crippen molar-refractivity contribution in [3.63, 3.8) is 0 Å². The minimum atomic E-state index is 0.0614. The summed E-state index contributed by atoms with van der Waals surface area (Å²) in [5.74, 6) is 0.219. The lowest BCUT2D eigenvalue weighted by molar-refractivity contribution is -0.126. The molecular formula is C12H22BrNO2. The van der Waals surface area contributed by atoms with Crippen LogP contribution in [0.4, 0.5) is 0 Å². The van der Waals surface area contributed by atoms with Crippen LogP contribution in [0.1, 0.15) is 39.5 Å². The van der Waals surface area contributed by atoms with Gasteiger partial charge < -0.3 is 10.1 Å². The third-order valence-corrected chi connectivity index (χ3v) is 3.83. The molecule has 4 heteroatoms. The number of ether oxygens (including phenoxy) is 1. The van der Waals surface area contributed by atoms with Gasteiger partial charge in [0.25, 0.3) is 0 Å². The Morgan fingerprint density at radius 3 is 2.94 bits per heavy atom. The van der Waals surface area contributed by atoms with Crippen LogP contribution in [0.5, 0.6) is 0 Å². The van der Waals surface area contributed by atoms with E-state index in [1.54, 1.807) is 0 Å². The minimum absolute atomic E-state index is 0.0614. The van der Waals surface area contributed by atoms with Crippen molar-refractivity contribution < 1.29 is 9.53 Å². The highest BCUT2D eigenvalue weighted by atomic mass is 79.9. The summed E-state index contributed by atoms with van der Waals surface area (Å²) in [7, 11) is 0. The number of carbonyl (C=O) groups is 1. The van der Waals surface area contributed by atoms with E-state index in [1.807, 2.05) is 0 Å². The van der Waals surface area contributed by atoms with Crippen molar-refractivity contribution in [1.82, 2.24) is 5.32 Å². The Morgan fingerprint density at radius 1 is 1.56 bits per heavy atom. The molecule has 0 aromatic heterocycles. The number of hydrogen-bond donors (Lipinski definition) is 1. The predicted octanol–water partition coefficient (Wildman–Crippen LogP) is 2.48. The smallest absolute Gasteiger partial charge is 0.225 e. The molecule has 3 unspecified atom stereocenters. The van der Waals surface area contributed by atoms with E-state index in [4.69, 9.17) is 4.74 Å². The molecule has 1 heterocycles. The van der Waals surface area contributed by atoms with Crippen LogP contribution in [-0.2, 0) is 9.53 Å². The molecule has 1 aliphatic heterocycles. The quantitative estimate of drug-likeness (QED) is 0.764. The second-order valence-electron chi connectivity index (χ2n) is 4.34. The van der Waals surface area contributed by atoms with Crippen LogP contribution in [0.15, 0.2) is 0 Å². The van der Waals surface area contributed by atoms with Gasteiger partial charge in [-0.3, -0.25) is 4.79 Å². The largest absolute Gasteiger partial charge is 0.377 e. The fourth-order valence-corrected chi connectivity index (χ4v) is 2.73. The number of nitrogens with one attached hydrogen (secondary N) is 1. The molecule has 3 nitrogen and oxygen atoms in total. The van der Waals surface area contributed by atoms with Crippen LogP contribution in [0.25, 0.3) is 0 Å². The van der Waals surface area contributed by atoms with Gasteiger partial charge in [0.2, 0.25) is 5.91 Å². The Labute approximate surface area is 106 Å². The molecule has 94 valence electrons. The van der Waals surface area contributed by atoms with Crippen molar-refractivity contribution in [2.45, 2.75) is 50.5 Å². The molecule has 0 aliphatic carbocycles. The van der Waals surface area contributed by atoms with Crippen LogP contribution >= 0.6 is 15.9 Å². The summed E-state index contributed by atoms with van der Waals surface area (Å²) in [6, 6.07) is 0. The van der Waals surface area contributed by atoms with Gasteiger partial charge in [-0.1, -0.05) is 36.2 Å². The summed E-state index contributed by atoms with van der Waals surface area (Å²) in [5.41, 5.74) is 0. The van der Waals surface area contributed by atoms with Crippen molar-refractivity contribution in [3.8, 4) is 0 Å². The Bertz CT molecular complexity index is 223. The van der Waals surface area contributed by atoms with Crippen molar-refractivity contribution in [3.05, 3.63) is 0 Å². The maximum Gasteiger partial charge on any atom is 0.225 e. The number of halogens is 1. The fraction of sp³-hybridized carbons (Fsp3) is 0.917. The lowest BCUT2D eigenvalue weighted by Gasteiger charge is -2.17. The lowest BCUT2D eigenvalue weighted by Crippen LogP contribution is -2.37. The van der Waals surface area contributed by atoms with Crippen LogP contribution in [0.3, 0.4) is 0 Å². The van der Waals surface area contributed by atoms with Crippen molar-refractivity contribution >= 4 is 21.8 Å². The Balaban J connectivity index is 2.29. The van der Waals surface area contributed by atoms with E-state index < -0.39 is 0 Å². The molecule has 1 rings (SSSR count). The first-order chi connectivity index (χ1) is 7.69. The van der Waals surface area contributed by atoms with E-state index >= 15 is 0 Å². The highest BCUT2D eigenvalue weighted by Gasteiger charge is 2.32. The number of carbonyl (C=O) groups excluding carboxylic acids is 1. The summed E-state index contributed by atoms with van der Waals surface area (Å²) >= 11 is 3.56. The summed E-state index contributed by atoms with van der Waals surface area (Å²) in [4.78, 5) is 12.3. The average molecular weight is 292 g/mol. The summed E-state index contributed by atoms with van der Waals surface area (Å²) in [5, 5.41) is 3.01. The third kappa shape index (κ3) is 4.06. The minimum Gasteiger partial charge on any atom is -0.377 e. The molecule has 1 fully saturated rings. The summed E-state index contributed by atoms with van der Waals surface area (Å²) in [6.07, 6.45) is 4.14. The zero-order chi connectivity index (χ0) is 12.0. The first-order valence-electron chi connectivity index (χ1n) is 6.22. The molecule has 1 N–H and O–H groups in total. The maximum absolute atomic E-state index is 11.9. The SMILES string of the molecule is CCCC(Br)CNC(=O)C1CCOC1CC. The zero-order valence-electron chi connectivity index (χ0n) is 10.2. The highest BCUT2D eigenvalue weighted by molar-refractivity contribution is 9.09. The molecule has 0 aromatic carbocycles. The van der Waals surface area contributed by atoms with Gasteiger partial charge in [-0.15, -0.1) is 0 Å². The highest BCUT2D eigenvalue weighted by Crippen LogP contribution is 2.23. The molecule has 0 radical (unpaired) electrons. The van der Waals surface area contributed by atoms with E-state index in [0.29, 0.717) is 4.83 Å². The van der Waals surface area contributed by atoms with E-state index in [9.17, 15) is 4.79 Å². The van der Waals surface area contributed by atoms with Gasteiger partial charge in [0.05, 0.1) is 12.0 Å². The van der Waals surface area contributed by atoms with Gasteiger partial charge in [0.15, 0.2) is 0 Å². The van der Waals surface area contributed by atoms with E-state index in [-0.39, 0.29) is 17.9 Å². The number of amides is 1. The molecule has 16 heavy (non-hydrogen) atoms. The van der Waals surface area contributed by atoms with Crippen molar-refractivity contribution in [2.75, 3.05) is 13.2 Å². The Morgan fingerprint density at radius 2 is 2.31 bits per heavy atom. The second-order valence-corrected chi connectivity index (χ2v) is 5.64. The molecule has 3 atom stereocenters. The van der Waals surface area contributed by atoms with Gasteiger partial charge >= 0.3 is 0 Å². The van der Waals surface area contributed by atoms with Crippen LogP contribution < -0.4 is 5.32 Å². The zero-order valence-corrected chi connectivity index (χ0v) is 11.8. The van der Waals surface area contributed by atoms with Crippen LogP contribution in [0, 0.1) is 5.92 Å². The van der Waals surface area contributed by atoms with Crippen molar-refractivity contribution in [2.24, 2.45) is 5.92 Å². The average Bonchev–Trinajstić information content (AvgIpc) is 2.74. The van der Waals surface area contributed by atoms with E-state index in [1.165, 1.54) is 0 Å². The molecule has 1 aliphatic rings. The van der Waals surface area contributed by atoms with Crippen molar-refractivity contribution in [1.29, 1.82) is 0 Å². The van der Waals surface area contributed by atoms with E-state index in [2.05, 4.69) is 35.1 Å². The normalized spacial score (nSPS) is 26.7. The standard InChI is InChI=1S/C12H22BrNO2/c1-3-5-9(13)8-14-12(15)10-6-7-16-11(10)4-2/h9-11H,3-8H2,1-2H3,(H,14,15). The molecule has 0 spiro atoms. The van der Waals surface area contributed by atoms with Gasteiger partial charge in [0, 0.05) is 18.0 Å².